The molecule has 1 atom stereocenters. The molecule has 1 heterocycles. The number of alkyl halides is 3. The molecule has 1 saturated heterocycles. The molecule has 0 saturated carbocycles. The molecule has 1 fully saturated rings. The maximum Gasteiger partial charge on any atom is 0.390 e. The van der Waals surface area contributed by atoms with Gasteiger partial charge in [-0.25, -0.2) is 0 Å². The Morgan fingerprint density at radius 3 is 2.30 bits per heavy atom. The number of hydrogen-bond donors (Lipinski definition) is 2. The molecule has 2 N–H and O–H groups in total. The molecule has 9 heteroatoms. The quantitative estimate of drug-likeness (QED) is 0.366. The van der Waals surface area contributed by atoms with Crippen molar-refractivity contribution in [2.45, 2.75) is 19.5 Å². The lowest BCUT2D eigenvalue weighted by atomic mass is 10.1. The van der Waals surface area contributed by atoms with Gasteiger partial charge in [-0.05, 0) is 13.0 Å². The van der Waals surface area contributed by atoms with Gasteiger partial charge in [0.2, 0.25) is 0 Å². The molecule has 0 aromatic carbocycles. The number of halogens is 4. The molecule has 0 aromatic heterocycles. The van der Waals surface area contributed by atoms with Crippen molar-refractivity contribution in [2.24, 2.45) is 10.9 Å². The Bertz CT molecular complexity index is 344. The summed E-state index contributed by atoms with van der Waals surface area (Å²) in [7, 11) is 3.69. The summed E-state index contributed by atoms with van der Waals surface area (Å²) in [5, 5.41) is 5.78. The molecule has 138 valence electrons. The minimum absolute atomic E-state index is 0. The van der Waals surface area contributed by atoms with Gasteiger partial charge >= 0.3 is 6.18 Å². The van der Waals surface area contributed by atoms with Crippen LogP contribution in [0.3, 0.4) is 0 Å². The largest absolute Gasteiger partial charge is 0.390 e. The summed E-state index contributed by atoms with van der Waals surface area (Å²) >= 11 is 0. The van der Waals surface area contributed by atoms with E-state index in [4.69, 9.17) is 0 Å². The minimum atomic E-state index is -4.14. The lowest BCUT2D eigenvalue weighted by molar-refractivity contribution is -0.132. The highest BCUT2D eigenvalue weighted by atomic mass is 127. The van der Waals surface area contributed by atoms with Crippen LogP contribution in [0.15, 0.2) is 4.99 Å². The zero-order valence-electron chi connectivity index (χ0n) is 14.1. The smallest absolute Gasteiger partial charge is 0.356 e. The van der Waals surface area contributed by atoms with E-state index >= 15 is 0 Å². The molecule has 1 aliphatic heterocycles. The Morgan fingerprint density at radius 1 is 1.17 bits per heavy atom. The van der Waals surface area contributed by atoms with Crippen molar-refractivity contribution in [3.8, 4) is 0 Å². The van der Waals surface area contributed by atoms with Gasteiger partial charge < -0.3 is 20.4 Å². The molecular formula is C14H29F3IN5. The number of piperazine rings is 1. The first-order valence-electron chi connectivity index (χ1n) is 7.72. The minimum Gasteiger partial charge on any atom is -0.356 e. The molecule has 0 aliphatic carbocycles. The van der Waals surface area contributed by atoms with Crippen LogP contribution in [0, 0.1) is 5.92 Å². The molecule has 0 aromatic rings. The van der Waals surface area contributed by atoms with Gasteiger partial charge in [0.05, 0.1) is 6.42 Å². The highest BCUT2D eigenvalue weighted by Crippen LogP contribution is 2.18. The molecule has 1 aliphatic rings. The summed E-state index contributed by atoms with van der Waals surface area (Å²) in [6, 6.07) is 0. The molecular weight excluding hydrogens is 422 g/mol. The third kappa shape index (κ3) is 11.0. The third-order valence-corrected chi connectivity index (χ3v) is 3.71. The lowest BCUT2D eigenvalue weighted by Crippen LogP contribution is -2.47. The second kappa shape index (κ2) is 11.3. The predicted octanol–water partition coefficient (Wildman–Crippen LogP) is 1.61. The molecule has 5 nitrogen and oxygen atoms in total. The summed E-state index contributed by atoms with van der Waals surface area (Å²) in [4.78, 5) is 8.68. The number of guanidine groups is 1. The van der Waals surface area contributed by atoms with Gasteiger partial charge in [0.25, 0.3) is 0 Å². The molecule has 1 rings (SSSR count). The Morgan fingerprint density at radius 2 is 1.78 bits per heavy atom. The summed E-state index contributed by atoms with van der Waals surface area (Å²) in [5.74, 6) is 0.832. The Labute approximate surface area is 154 Å². The van der Waals surface area contributed by atoms with Crippen LogP contribution in [-0.4, -0.2) is 81.8 Å². The Balaban J connectivity index is 0.00000484. The van der Waals surface area contributed by atoms with Crippen molar-refractivity contribution < 1.29 is 13.2 Å². The molecule has 23 heavy (non-hydrogen) atoms. The van der Waals surface area contributed by atoms with E-state index in [2.05, 4.69) is 39.4 Å². The van der Waals surface area contributed by atoms with E-state index in [0.29, 0.717) is 18.4 Å². The zero-order chi connectivity index (χ0) is 16.6. The average molecular weight is 451 g/mol. The highest BCUT2D eigenvalue weighted by Gasteiger charge is 2.26. The van der Waals surface area contributed by atoms with Crippen molar-refractivity contribution >= 4 is 29.9 Å². The number of rotatable bonds is 6. The van der Waals surface area contributed by atoms with Crippen LogP contribution in [0.5, 0.6) is 0 Å². The first kappa shape index (κ1) is 22.7. The van der Waals surface area contributed by atoms with Crippen LogP contribution in [0.2, 0.25) is 0 Å². The fraction of sp³-hybridized carbons (Fsp3) is 0.929. The van der Waals surface area contributed by atoms with Gasteiger partial charge in [-0.3, -0.25) is 4.99 Å². The zero-order valence-corrected chi connectivity index (χ0v) is 16.4. The summed E-state index contributed by atoms with van der Waals surface area (Å²) < 4.78 is 36.3. The van der Waals surface area contributed by atoms with Crippen molar-refractivity contribution in [2.75, 3.05) is 59.9 Å². The Hall–Kier alpha value is -0.290. The molecule has 0 radical (unpaired) electrons. The van der Waals surface area contributed by atoms with E-state index < -0.39 is 12.6 Å². The van der Waals surface area contributed by atoms with Gasteiger partial charge in [0.1, 0.15) is 0 Å². The number of likely N-dealkylation sites (N-methyl/N-ethyl adjacent to an activating group) is 1. The SMILES string of the molecule is CN=C(NCCC(F)(F)F)NCC(C)CN1CCN(C)CC1.I. The van der Waals surface area contributed by atoms with E-state index in [-0.39, 0.29) is 30.5 Å². The van der Waals surface area contributed by atoms with Crippen LogP contribution in [-0.2, 0) is 0 Å². The number of nitrogens with one attached hydrogen (secondary N) is 2. The van der Waals surface area contributed by atoms with Gasteiger partial charge in [0, 0.05) is 52.9 Å². The maximum atomic E-state index is 12.1. The summed E-state index contributed by atoms with van der Waals surface area (Å²) in [6.45, 7) is 7.96. The normalized spacial score (nSPS) is 19.1. The van der Waals surface area contributed by atoms with E-state index in [1.54, 1.807) is 7.05 Å². The fourth-order valence-corrected chi connectivity index (χ4v) is 2.35. The molecule has 0 amide bonds. The first-order chi connectivity index (χ1) is 10.3. The van der Waals surface area contributed by atoms with Crippen molar-refractivity contribution in [1.82, 2.24) is 20.4 Å². The first-order valence-corrected chi connectivity index (χ1v) is 7.72. The molecule has 0 bridgehead atoms. The molecule has 1 unspecified atom stereocenters. The van der Waals surface area contributed by atoms with Crippen molar-refractivity contribution in [1.29, 1.82) is 0 Å². The average Bonchev–Trinajstić information content (AvgIpc) is 2.44. The summed E-state index contributed by atoms with van der Waals surface area (Å²) in [5.41, 5.74) is 0. The van der Waals surface area contributed by atoms with Crippen LogP contribution >= 0.6 is 24.0 Å². The summed E-state index contributed by atoms with van der Waals surface area (Å²) in [6.07, 6.45) is -4.99. The van der Waals surface area contributed by atoms with Gasteiger partial charge in [-0.15, -0.1) is 24.0 Å². The van der Waals surface area contributed by atoms with Crippen LogP contribution in [0.25, 0.3) is 0 Å². The topological polar surface area (TPSA) is 42.9 Å². The van der Waals surface area contributed by atoms with Crippen molar-refractivity contribution in [3.63, 3.8) is 0 Å². The molecule has 0 spiro atoms. The van der Waals surface area contributed by atoms with Crippen LogP contribution in [0.1, 0.15) is 13.3 Å². The van der Waals surface area contributed by atoms with Gasteiger partial charge in [0.15, 0.2) is 5.96 Å². The highest BCUT2D eigenvalue weighted by molar-refractivity contribution is 14.0. The monoisotopic (exact) mass is 451 g/mol. The van der Waals surface area contributed by atoms with E-state index in [1.807, 2.05) is 0 Å². The number of hydrogen-bond acceptors (Lipinski definition) is 3. The van der Waals surface area contributed by atoms with E-state index in [1.165, 1.54) is 0 Å². The van der Waals surface area contributed by atoms with Crippen molar-refractivity contribution in [3.05, 3.63) is 0 Å². The second-order valence-corrected chi connectivity index (χ2v) is 5.95. The predicted molar refractivity (Wildman–Crippen MR) is 98.6 cm³/mol. The third-order valence-electron chi connectivity index (χ3n) is 3.71. The lowest BCUT2D eigenvalue weighted by Gasteiger charge is -2.34. The van der Waals surface area contributed by atoms with E-state index in [9.17, 15) is 13.2 Å². The maximum absolute atomic E-state index is 12.1. The fourth-order valence-electron chi connectivity index (χ4n) is 2.35. The van der Waals surface area contributed by atoms with Gasteiger partial charge in [-0.1, -0.05) is 6.92 Å². The van der Waals surface area contributed by atoms with Crippen LogP contribution < -0.4 is 10.6 Å². The standard InChI is InChI=1S/C14H28F3N5.HI/c1-12(11-22-8-6-21(3)7-9-22)10-20-13(18-2)19-5-4-14(15,16)17;/h12H,4-11H2,1-3H3,(H2,18,19,20);1H. The number of aliphatic imine (C=N–C) groups is 1. The number of nitrogens with zero attached hydrogens (tertiary/aromatic N) is 3. The van der Waals surface area contributed by atoms with Crippen LogP contribution in [0.4, 0.5) is 13.2 Å². The Kier molecular flexibility index (Phi) is 11.2. The second-order valence-electron chi connectivity index (χ2n) is 5.95. The van der Waals surface area contributed by atoms with E-state index in [0.717, 1.165) is 32.7 Å². The van der Waals surface area contributed by atoms with Gasteiger partial charge in [-0.2, -0.15) is 13.2 Å².